The van der Waals surface area contributed by atoms with Gasteiger partial charge in [-0.15, -0.1) is 0 Å². The monoisotopic (exact) mass is 329 g/mol. The number of carbonyl (C=O) groups excluding carboxylic acids is 2. The van der Waals surface area contributed by atoms with Crippen molar-refractivity contribution in [2.24, 2.45) is 5.92 Å². The van der Waals surface area contributed by atoms with Crippen LogP contribution in [0.25, 0.3) is 0 Å². The number of imide groups is 1. The van der Waals surface area contributed by atoms with Gasteiger partial charge in [0.25, 0.3) is 0 Å². The van der Waals surface area contributed by atoms with Gasteiger partial charge in [-0.1, -0.05) is 26.0 Å². The van der Waals surface area contributed by atoms with E-state index in [1.54, 1.807) is 21.0 Å². The molecule has 0 saturated carbocycles. The molecule has 2 fully saturated rings. The Kier molecular flexibility index (Phi) is 4.07. The van der Waals surface area contributed by atoms with E-state index in [4.69, 9.17) is 10.1 Å². The van der Waals surface area contributed by atoms with E-state index in [2.05, 4.69) is 0 Å². The summed E-state index contributed by atoms with van der Waals surface area (Å²) in [6, 6.07) is 7.71. The van der Waals surface area contributed by atoms with Gasteiger partial charge >= 0.3 is 0 Å². The molecule has 3 rings (SSSR count). The molecule has 24 heavy (non-hydrogen) atoms. The molecule has 1 unspecified atom stereocenters. The number of benzene rings is 1. The summed E-state index contributed by atoms with van der Waals surface area (Å²) in [4.78, 5) is 27.9. The van der Waals surface area contributed by atoms with Crippen LogP contribution in [0.15, 0.2) is 24.3 Å². The summed E-state index contributed by atoms with van der Waals surface area (Å²) in [6.45, 7) is 4.72. The SMILES string of the molecule is COc1ccc(CN2CC3(CCC(=O)N3C(=O)C(C)C)C2=N)cc1. The van der Waals surface area contributed by atoms with Crippen LogP contribution in [0.5, 0.6) is 5.75 Å². The molecule has 2 aliphatic heterocycles. The number of amidine groups is 1. The normalized spacial score (nSPS) is 23.2. The highest BCUT2D eigenvalue weighted by atomic mass is 16.5. The number of hydrogen-bond donors (Lipinski definition) is 1. The fourth-order valence-electron chi connectivity index (χ4n) is 3.50. The van der Waals surface area contributed by atoms with Crippen molar-refractivity contribution >= 4 is 17.6 Å². The first-order chi connectivity index (χ1) is 11.4. The molecule has 1 spiro atoms. The third kappa shape index (κ3) is 2.46. The van der Waals surface area contributed by atoms with E-state index in [-0.39, 0.29) is 17.7 Å². The molecule has 1 N–H and O–H groups in total. The molecule has 128 valence electrons. The van der Waals surface area contributed by atoms with Crippen molar-refractivity contribution in [1.29, 1.82) is 5.41 Å². The highest BCUT2D eigenvalue weighted by Crippen LogP contribution is 2.41. The largest absolute Gasteiger partial charge is 0.497 e. The molecule has 0 aliphatic carbocycles. The zero-order valence-corrected chi connectivity index (χ0v) is 14.3. The minimum atomic E-state index is -0.717. The second-order valence-corrected chi connectivity index (χ2v) is 6.81. The van der Waals surface area contributed by atoms with Crippen molar-refractivity contribution in [3.05, 3.63) is 29.8 Å². The van der Waals surface area contributed by atoms with E-state index >= 15 is 0 Å². The van der Waals surface area contributed by atoms with Crippen LogP contribution in [0.1, 0.15) is 32.3 Å². The predicted octanol–water partition coefficient (Wildman–Crippen LogP) is 2.03. The van der Waals surface area contributed by atoms with E-state index in [0.717, 1.165) is 11.3 Å². The van der Waals surface area contributed by atoms with Crippen molar-refractivity contribution in [2.75, 3.05) is 13.7 Å². The summed E-state index contributed by atoms with van der Waals surface area (Å²) in [6.07, 6.45) is 0.902. The highest BCUT2D eigenvalue weighted by Gasteiger charge is 2.60. The molecule has 6 heteroatoms. The number of nitrogens with zero attached hydrogens (tertiary/aromatic N) is 2. The topological polar surface area (TPSA) is 73.7 Å². The second kappa shape index (κ2) is 5.92. The molecule has 6 nitrogen and oxygen atoms in total. The third-order valence-corrected chi connectivity index (χ3v) is 4.89. The van der Waals surface area contributed by atoms with E-state index in [1.165, 1.54) is 4.90 Å². The fraction of sp³-hybridized carbons (Fsp3) is 0.500. The van der Waals surface area contributed by atoms with Crippen LogP contribution in [0, 0.1) is 11.3 Å². The lowest BCUT2D eigenvalue weighted by Gasteiger charge is -2.53. The van der Waals surface area contributed by atoms with E-state index in [0.29, 0.717) is 31.8 Å². The molecular weight excluding hydrogens is 306 g/mol. The van der Waals surface area contributed by atoms with E-state index in [9.17, 15) is 9.59 Å². The standard InChI is InChI=1S/C18H23N3O3/c1-12(2)16(23)21-15(22)8-9-18(21)11-20(17(18)19)10-13-4-6-14(24-3)7-5-13/h4-7,12,19H,8-11H2,1-3H3. The lowest BCUT2D eigenvalue weighted by atomic mass is 9.84. The van der Waals surface area contributed by atoms with Gasteiger partial charge in [0.2, 0.25) is 11.8 Å². The van der Waals surface area contributed by atoms with E-state index < -0.39 is 5.54 Å². The summed E-state index contributed by atoms with van der Waals surface area (Å²) < 4.78 is 5.15. The average Bonchev–Trinajstić information content (AvgIpc) is 2.93. The quantitative estimate of drug-likeness (QED) is 0.917. The van der Waals surface area contributed by atoms with Crippen molar-refractivity contribution in [3.8, 4) is 5.75 Å². The first kappa shape index (κ1) is 16.5. The van der Waals surface area contributed by atoms with Gasteiger partial charge in [-0.2, -0.15) is 0 Å². The third-order valence-electron chi connectivity index (χ3n) is 4.89. The van der Waals surface area contributed by atoms with Crippen molar-refractivity contribution in [1.82, 2.24) is 9.80 Å². The molecule has 2 amide bonds. The fourth-order valence-corrected chi connectivity index (χ4v) is 3.50. The van der Waals surface area contributed by atoms with Crippen molar-refractivity contribution in [2.45, 2.75) is 38.8 Å². The minimum Gasteiger partial charge on any atom is -0.497 e. The maximum absolute atomic E-state index is 12.4. The number of methoxy groups -OCH3 is 1. The molecule has 2 saturated heterocycles. The van der Waals surface area contributed by atoms with Crippen LogP contribution in [0.3, 0.4) is 0 Å². The molecule has 2 heterocycles. The van der Waals surface area contributed by atoms with Gasteiger partial charge in [0.05, 0.1) is 13.7 Å². The van der Waals surface area contributed by atoms with Gasteiger partial charge in [-0.25, -0.2) is 0 Å². The number of rotatable bonds is 4. The summed E-state index contributed by atoms with van der Waals surface area (Å²) in [5.41, 5.74) is 0.353. The number of likely N-dealkylation sites (tertiary alicyclic amines) is 2. The number of nitrogens with one attached hydrogen (secondary N) is 1. The Hall–Kier alpha value is -2.37. The summed E-state index contributed by atoms with van der Waals surface area (Å²) in [7, 11) is 1.63. The van der Waals surface area contributed by atoms with Crippen LogP contribution >= 0.6 is 0 Å². The predicted molar refractivity (Wildman–Crippen MR) is 89.8 cm³/mol. The zero-order chi connectivity index (χ0) is 17.5. The first-order valence-electron chi connectivity index (χ1n) is 8.23. The maximum Gasteiger partial charge on any atom is 0.232 e. The molecule has 0 aromatic heterocycles. The van der Waals surface area contributed by atoms with Crippen LogP contribution in [0.2, 0.25) is 0 Å². The number of carbonyl (C=O) groups is 2. The smallest absolute Gasteiger partial charge is 0.232 e. The zero-order valence-electron chi connectivity index (χ0n) is 14.3. The van der Waals surface area contributed by atoms with E-state index in [1.807, 2.05) is 29.2 Å². The molecule has 2 aliphatic rings. The van der Waals surface area contributed by atoms with Gasteiger partial charge in [0.15, 0.2) is 0 Å². The number of hydrogen-bond acceptors (Lipinski definition) is 4. The van der Waals surface area contributed by atoms with Gasteiger partial charge in [-0.3, -0.25) is 19.9 Å². The molecule has 1 aromatic rings. The lowest BCUT2D eigenvalue weighted by Crippen LogP contribution is -2.73. The molecule has 1 atom stereocenters. The van der Waals surface area contributed by atoms with Crippen LogP contribution in [-0.2, 0) is 16.1 Å². The van der Waals surface area contributed by atoms with Crippen LogP contribution in [-0.4, -0.2) is 46.6 Å². The second-order valence-electron chi connectivity index (χ2n) is 6.81. The Morgan fingerprint density at radius 1 is 1.33 bits per heavy atom. The Balaban J connectivity index is 1.73. The molecule has 0 bridgehead atoms. The van der Waals surface area contributed by atoms with Gasteiger partial charge in [0.1, 0.15) is 17.1 Å². The maximum atomic E-state index is 12.4. The van der Waals surface area contributed by atoms with Gasteiger partial charge < -0.3 is 9.64 Å². The molecule has 1 aromatic carbocycles. The number of amides is 2. The van der Waals surface area contributed by atoms with Crippen LogP contribution in [0.4, 0.5) is 0 Å². The van der Waals surface area contributed by atoms with Gasteiger partial charge in [-0.05, 0) is 24.1 Å². The minimum absolute atomic E-state index is 0.150. The van der Waals surface area contributed by atoms with Crippen LogP contribution < -0.4 is 4.74 Å². The first-order valence-corrected chi connectivity index (χ1v) is 8.23. The summed E-state index contributed by atoms with van der Waals surface area (Å²) in [5.74, 6) is 0.600. The Bertz CT molecular complexity index is 683. The molecular formula is C18H23N3O3. The Morgan fingerprint density at radius 3 is 2.54 bits per heavy atom. The summed E-state index contributed by atoms with van der Waals surface area (Å²) in [5, 5.41) is 8.47. The number of ether oxygens (including phenoxy) is 1. The Morgan fingerprint density at radius 2 is 2.00 bits per heavy atom. The summed E-state index contributed by atoms with van der Waals surface area (Å²) >= 11 is 0. The lowest BCUT2D eigenvalue weighted by molar-refractivity contribution is -0.149. The molecule has 0 radical (unpaired) electrons. The highest BCUT2D eigenvalue weighted by molar-refractivity contribution is 6.09. The average molecular weight is 329 g/mol. The van der Waals surface area contributed by atoms with Gasteiger partial charge in [0, 0.05) is 18.9 Å². The van der Waals surface area contributed by atoms with Crippen molar-refractivity contribution < 1.29 is 14.3 Å². The van der Waals surface area contributed by atoms with Crippen molar-refractivity contribution in [3.63, 3.8) is 0 Å². The Labute approximate surface area is 141 Å².